The van der Waals surface area contributed by atoms with E-state index in [4.69, 9.17) is 36.7 Å². The first-order valence-electron chi connectivity index (χ1n) is 13.5. The molecule has 0 spiro atoms. The molecule has 0 bridgehead atoms. The number of hydrogen-bond donors (Lipinski definition) is 5. The molecule has 41 heavy (non-hydrogen) atoms. The van der Waals surface area contributed by atoms with E-state index in [0.717, 1.165) is 23.4 Å². The topological polar surface area (TPSA) is 167 Å². The van der Waals surface area contributed by atoms with Crippen molar-refractivity contribution in [2.75, 3.05) is 77.8 Å². The van der Waals surface area contributed by atoms with Crippen LogP contribution < -0.4 is 16.0 Å². The SMILES string of the molecule is N=N/C(=C\NCCOCCOCCOCCOCCN1C(=O)C=CC1=O)CCCCNC(=S)Nc1ccc(O)cc1. The van der Waals surface area contributed by atoms with E-state index < -0.39 is 0 Å². The molecule has 14 heteroatoms. The number of benzene rings is 1. The molecular formula is C27H40N6O7S. The van der Waals surface area contributed by atoms with Gasteiger partial charge in [0.15, 0.2) is 5.11 Å². The van der Waals surface area contributed by atoms with E-state index in [2.05, 4.69) is 21.1 Å². The summed E-state index contributed by atoms with van der Waals surface area (Å²) in [6.45, 7) is 4.86. The van der Waals surface area contributed by atoms with Crippen LogP contribution in [0.15, 0.2) is 53.4 Å². The first-order chi connectivity index (χ1) is 20.0. The van der Waals surface area contributed by atoms with Crippen LogP contribution in [0.1, 0.15) is 19.3 Å². The lowest BCUT2D eigenvalue weighted by Crippen LogP contribution is -2.33. The minimum Gasteiger partial charge on any atom is -0.508 e. The van der Waals surface area contributed by atoms with Crippen LogP contribution in [0, 0.1) is 5.53 Å². The molecule has 0 radical (unpaired) electrons. The second-order valence-electron chi connectivity index (χ2n) is 8.70. The molecule has 0 aromatic heterocycles. The van der Waals surface area contributed by atoms with E-state index in [0.29, 0.717) is 76.6 Å². The van der Waals surface area contributed by atoms with Crippen molar-refractivity contribution in [2.45, 2.75) is 19.3 Å². The molecule has 2 rings (SSSR count). The van der Waals surface area contributed by atoms with Crippen LogP contribution in [0.4, 0.5) is 5.69 Å². The van der Waals surface area contributed by atoms with E-state index in [-0.39, 0.29) is 30.7 Å². The summed E-state index contributed by atoms with van der Waals surface area (Å²) in [4.78, 5) is 23.9. The molecule has 1 aromatic carbocycles. The van der Waals surface area contributed by atoms with Gasteiger partial charge in [0.25, 0.3) is 11.8 Å². The average Bonchev–Trinajstić information content (AvgIpc) is 3.29. The molecule has 0 saturated heterocycles. The Labute approximate surface area is 245 Å². The summed E-state index contributed by atoms with van der Waals surface area (Å²) in [5.41, 5.74) is 8.80. The van der Waals surface area contributed by atoms with Crippen molar-refractivity contribution in [3.8, 4) is 5.75 Å². The number of thiocarbonyl (C=S) groups is 1. The maximum Gasteiger partial charge on any atom is 0.253 e. The highest BCUT2D eigenvalue weighted by molar-refractivity contribution is 7.80. The number of rotatable bonds is 23. The molecule has 1 aliphatic rings. The Hall–Kier alpha value is -3.43. The Balaban J connectivity index is 1.33. The fourth-order valence-corrected chi connectivity index (χ4v) is 3.62. The zero-order chi connectivity index (χ0) is 29.5. The molecule has 1 aromatic rings. The number of anilines is 1. The molecule has 0 unspecified atom stereocenters. The number of unbranched alkanes of at least 4 members (excludes halogenated alkanes) is 1. The Kier molecular flexibility index (Phi) is 17.6. The number of imide groups is 1. The summed E-state index contributed by atoms with van der Waals surface area (Å²) >= 11 is 5.26. The van der Waals surface area contributed by atoms with Crippen molar-refractivity contribution >= 4 is 34.8 Å². The lowest BCUT2D eigenvalue weighted by molar-refractivity contribution is -0.137. The van der Waals surface area contributed by atoms with Gasteiger partial charge in [0, 0.05) is 37.1 Å². The smallest absolute Gasteiger partial charge is 0.253 e. The molecule has 1 aliphatic heterocycles. The van der Waals surface area contributed by atoms with Gasteiger partial charge in [0.05, 0.1) is 65.1 Å². The van der Waals surface area contributed by atoms with Crippen molar-refractivity contribution < 1.29 is 33.6 Å². The quantitative estimate of drug-likeness (QED) is 0.0416. The predicted molar refractivity (Wildman–Crippen MR) is 157 cm³/mol. The number of amides is 2. The number of phenols is 1. The number of nitrogens with zero attached hydrogens (tertiary/aromatic N) is 2. The van der Waals surface area contributed by atoms with Gasteiger partial charge in [-0.2, -0.15) is 5.11 Å². The maximum atomic E-state index is 11.4. The lowest BCUT2D eigenvalue weighted by Gasteiger charge is -2.13. The number of phenolic OH excluding ortho intramolecular Hbond substituents is 1. The van der Waals surface area contributed by atoms with E-state index in [1.54, 1.807) is 30.5 Å². The van der Waals surface area contributed by atoms with Crippen LogP contribution in [-0.2, 0) is 28.5 Å². The third-order valence-electron chi connectivity index (χ3n) is 5.55. The predicted octanol–water partition coefficient (Wildman–Crippen LogP) is 2.30. The van der Waals surface area contributed by atoms with Crippen molar-refractivity contribution in [2.24, 2.45) is 5.11 Å². The average molecular weight is 593 g/mol. The largest absolute Gasteiger partial charge is 0.508 e. The Morgan fingerprint density at radius 3 is 2.07 bits per heavy atom. The number of carbonyl (C=O) groups is 2. The Bertz CT molecular complexity index is 988. The van der Waals surface area contributed by atoms with E-state index in [1.165, 1.54) is 12.2 Å². The number of allylic oxidation sites excluding steroid dienone is 1. The number of hydrogen-bond acceptors (Lipinski definition) is 11. The summed E-state index contributed by atoms with van der Waals surface area (Å²) in [5.74, 6) is -0.419. The molecule has 2 amide bonds. The Morgan fingerprint density at radius 2 is 1.46 bits per heavy atom. The number of carbonyl (C=O) groups excluding carboxylic acids is 2. The first-order valence-corrected chi connectivity index (χ1v) is 13.9. The van der Waals surface area contributed by atoms with E-state index in [1.807, 2.05) is 0 Å². The molecule has 5 N–H and O–H groups in total. The van der Waals surface area contributed by atoms with Gasteiger partial charge in [0.2, 0.25) is 0 Å². The third kappa shape index (κ3) is 15.8. The highest BCUT2D eigenvalue weighted by Gasteiger charge is 2.22. The zero-order valence-corrected chi connectivity index (χ0v) is 24.0. The standard InChI is InChI=1S/C27H40N6O7S/c28-32-23(3-1-2-10-30-27(41)31-22-4-6-24(34)7-5-22)21-29-11-13-37-15-17-39-19-20-40-18-16-38-14-12-33-25(35)8-9-26(33)36/h4-9,21,28-29,34H,1-3,10-20H2,(H2,30,31,41)/b23-21-,32-28?. The van der Waals surface area contributed by atoms with Crippen molar-refractivity contribution in [1.82, 2.24) is 15.5 Å². The van der Waals surface area contributed by atoms with Crippen LogP contribution >= 0.6 is 12.2 Å². The molecule has 0 aliphatic carbocycles. The van der Waals surface area contributed by atoms with Crippen LogP contribution in [0.25, 0.3) is 0 Å². The normalized spacial score (nSPS) is 13.1. The maximum absolute atomic E-state index is 11.4. The lowest BCUT2D eigenvalue weighted by atomic mass is 10.2. The molecule has 226 valence electrons. The van der Waals surface area contributed by atoms with E-state index in [9.17, 15) is 14.7 Å². The third-order valence-corrected chi connectivity index (χ3v) is 5.80. The van der Waals surface area contributed by atoms with Crippen LogP contribution in [0.5, 0.6) is 5.75 Å². The van der Waals surface area contributed by atoms with Gasteiger partial charge in [-0.3, -0.25) is 14.5 Å². The van der Waals surface area contributed by atoms with Gasteiger partial charge >= 0.3 is 0 Å². The molecule has 0 saturated carbocycles. The van der Waals surface area contributed by atoms with Gasteiger partial charge in [-0.25, -0.2) is 5.53 Å². The van der Waals surface area contributed by atoms with Crippen molar-refractivity contribution in [3.05, 3.63) is 48.3 Å². The molecule has 0 atom stereocenters. The van der Waals surface area contributed by atoms with Gasteiger partial charge in [0.1, 0.15) is 5.75 Å². The summed E-state index contributed by atoms with van der Waals surface area (Å²) in [6, 6.07) is 6.67. The monoisotopic (exact) mass is 592 g/mol. The highest BCUT2D eigenvalue weighted by Crippen LogP contribution is 2.13. The number of ether oxygens (including phenoxy) is 4. The summed E-state index contributed by atoms with van der Waals surface area (Å²) in [7, 11) is 0. The minimum absolute atomic E-state index is 0.203. The van der Waals surface area contributed by atoms with Crippen LogP contribution in [-0.4, -0.2) is 99.4 Å². The molecule has 1 heterocycles. The fourth-order valence-electron chi connectivity index (χ4n) is 3.40. The van der Waals surface area contributed by atoms with Gasteiger partial charge in [-0.1, -0.05) is 0 Å². The second-order valence-corrected chi connectivity index (χ2v) is 9.11. The summed E-state index contributed by atoms with van der Waals surface area (Å²) in [6.07, 6.45) is 6.65. The molecular weight excluding hydrogens is 552 g/mol. The van der Waals surface area contributed by atoms with Gasteiger partial charge in [-0.05, 0) is 55.7 Å². The first kappa shape index (κ1) is 33.8. The summed E-state index contributed by atoms with van der Waals surface area (Å²) < 4.78 is 21.7. The van der Waals surface area contributed by atoms with Gasteiger partial charge < -0.3 is 40.0 Å². The van der Waals surface area contributed by atoms with Gasteiger partial charge in [-0.15, -0.1) is 0 Å². The highest BCUT2D eigenvalue weighted by atomic mass is 32.1. The van der Waals surface area contributed by atoms with Crippen molar-refractivity contribution in [1.29, 1.82) is 5.53 Å². The number of nitrogens with one attached hydrogen (secondary N) is 4. The fraction of sp³-hybridized carbons (Fsp3) is 0.519. The zero-order valence-electron chi connectivity index (χ0n) is 23.1. The van der Waals surface area contributed by atoms with Crippen LogP contribution in [0.2, 0.25) is 0 Å². The Morgan fingerprint density at radius 1 is 0.878 bits per heavy atom. The molecule has 0 fully saturated rings. The van der Waals surface area contributed by atoms with E-state index >= 15 is 0 Å². The summed E-state index contributed by atoms with van der Waals surface area (Å²) in [5, 5.41) is 22.7. The van der Waals surface area contributed by atoms with Crippen molar-refractivity contribution in [3.63, 3.8) is 0 Å². The van der Waals surface area contributed by atoms with Crippen LogP contribution in [0.3, 0.4) is 0 Å². The minimum atomic E-state index is -0.311. The second kappa shape index (κ2) is 21.3. The molecule has 13 nitrogen and oxygen atoms in total. The number of aromatic hydroxyl groups is 1.